The number of para-hydroxylation sites is 1. The predicted molar refractivity (Wildman–Crippen MR) is 141 cm³/mol. The minimum atomic E-state index is -2.64. The van der Waals surface area contributed by atoms with Gasteiger partial charge in [-0.25, -0.2) is 8.78 Å². The first kappa shape index (κ1) is 28.2. The molecule has 0 bridgehead atoms. The monoisotopic (exact) mass is 560 g/mol. The standard InChI is InChI=1S/C31H38F2N2O3.ClH/c1-37-27-11-5-10-24-28(27)38-16-14-30(24)20-34-19-25(30)29(36)35-15-12-22(21-7-3-2-4-8-21)17-26(35)23-9-6-13-31(32,33)18-23;/h2-5,7-8,10-11,22-23,25-26,34H,6,9,12-20H2,1H3;1H. The van der Waals surface area contributed by atoms with Crippen LogP contribution in [0.25, 0.3) is 0 Å². The summed E-state index contributed by atoms with van der Waals surface area (Å²) < 4.78 is 41.0. The van der Waals surface area contributed by atoms with Crippen molar-refractivity contribution < 1.29 is 40.8 Å². The van der Waals surface area contributed by atoms with Crippen molar-refractivity contribution in [2.75, 3.05) is 33.4 Å². The number of quaternary nitrogens is 1. The summed E-state index contributed by atoms with van der Waals surface area (Å²) in [6.07, 6.45) is 3.54. The van der Waals surface area contributed by atoms with Gasteiger partial charge in [0.2, 0.25) is 11.8 Å². The molecule has 1 aliphatic carbocycles. The maximum absolute atomic E-state index is 14.6. The third kappa shape index (κ3) is 5.13. The van der Waals surface area contributed by atoms with Crippen molar-refractivity contribution in [2.45, 2.75) is 68.2 Å². The van der Waals surface area contributed by atoms with Crippen LogP contribution in [0.5, 0.6) is 11.5 Å². The van der Waals surface area contributed by atoms with Crippen LogP contribution in [0.1, 0.15) is 62.0 Å². The topological polar surface area (TPSA) is 55.4 Å². The first-order valence-electron chi connectivity index (χ1n) is 14.3. The van der Waals surface area contributed by atoms with E-state index in [1.807, 2.05) is 35.2 Å². The number of amides is 1. The van der Waals surface area contributed by atoms with Gasteiger partial charge in [0.15, 0.2) is 11.5 Å². The molecular formula is C31H39ClF2N2O3. The van der Waals surface area contributed by atoms with Crippen LogP contribution >= 0.6 is 0 Å². The number of nitrogens with two attached hydrogens (primary N) is 1. The number of fused-ring (bicyclic) bond motifs is 2. The number of methoxy groups -OCH3 is 1. The number of nitrogens with zero attached hydrogens (tertiary/aromatic N) is 1. The summed E-state index contributed by atoms with van der Waals surface area (Å²) in [4.78, 5) is 16.6. The predicted octanol–water partition coefficient (Wildman–Crippen LogP) is 1.51. The van der Waals surface area contributed by atoms with E-state index in [4.69, 9.17) is 9.47 Å². The van der Waals surface area contributed by atoms with Crippen LogP contribution in [0.2, 0.25) is 0 Å². The zero-order valence-corrected chi connectivity index (χ0v) is 23.3. The second-order valence-corrected chi connectivity index (χ2v) is 11.8. The van der Waals surface area contributed by atoms with Gasteiger partial charge in [0.25, 0.3) is 0 Å². The van der Waals surface area contributed by atoms with Crippen molar-refractivity contribution in [3.8, 4) is 11.5 Å². The number of carbonyl (C=O) groups excluding carboxylic acids is 1. The Labute approximate surface area is 236 Å². The number of rotatable bonds is 4. The molecule has 6 rings (SSSR count). The van der Waals surface area contributed by atoms with E-state index in [0.717, 1.165) is 43.5 Å². The summed E-state index contributed by atoms with van der Waals surface area (Å²) in [5.74, 6) is -1.14. The number of benzene rings is 2. The van der Waals surface area contributed by atoms with Crippen LogP contribution in [0.15, 0.2) is 48.5 Å². The average molecular weight is 561 g/mol. The van der Waals surface area contributed by atoms with E-state index < -0.39 is 5.92 Å². The van der Waals surface area contributed by atoms with Crippen molar-refractivity contribution in [1.29, 1.82) is 0 Å². The van der Waals surface area contributed by atoms with Gasteiger partial charge in [0.1, 0.15) is 5.92 Å². The summed E-state index contributed by atoms with van der Waals surface area (Å²) in [5, 5.41) is 2.25. The molecule has 5 nitrogen and oxygen atoms in total. The van der Waals surface area contributed by atoms with Gasteiger partial charge >= 0.3 is 0 Å². The molecule has 39 heavy (non-hydrogen) atoms. The van der Waals surface area contributed by atoms with Gasteiger partial charge in [-0.2, -0.15) is 0 Å². The summed E-state index contributed by atoms with van der Waals surface area (Å²) in [6, 6.07) is 16.2. The largest absolute Gasteiger partial charge is 1.00 e. The molecule has 2 saturated heterocycles. The average Bonchev–Trinajstić information content (AvgIpc) is 3.36. The van der Waals surface area contributed by atoms with Crippen LogP contribution in [0, 0.1) is 11.8 Å². The molecule has 1 spiro atoms. The molecule has 2 N–H and O–H groups in total. The van der Waals surface area contributed by atoms with Gasteiger partial charge in [0, 0.05) is 31.0 Å². The first-order valence-corrected chi connectivity index (χ1v) is 14.3. The number of likely N-dealkylation sites (tertiary alicyclic amines) is 1. The maximum atomic E-state index is 14.6. The van der Waals surface area contributed by atoms with Gasteiger partial charge in [-0.05, 0) is 55.6 Å². The molecule has 4 aliphatic rings. The summed E-state index contributed by atoms with van der Waals surface area (Å²) >= 11 is 0. The van der Waals surface area contributed by atoms with Crippen LogP contribution in [-0.2, 0) is 10.2 Å². The van der Waals surface area contributed by atoms with Gasteiger partial charge in [-0.3, -0.25) is 4.79 Å². The Kier molecular flexibility index (Phi) is 8.12. The van der Waals surface area contributed by atoms with E-state index in [0.29, 0.717) is 31.9 Å². The van der Waals surface area contributed by atoms with E-state index in [2.05, 4.69) is 23.5 Å². The highest BCUT2D eigenvalue weighted by molar-refractivity contribution is 5.82. The van der Waals surface area contributed by atoms with E-state index >= 15 is 0 Å². The van der Waals surface area contributed by atoms with Crippen molar-refractivity contribution >= 4 is 5.91 Å². The Balaban J connectivity index is 0.00000308. The third-order valence-electron chi connectivity index (χ3n) is 9.83. The van der Waals surface area contributed by atoms with Crippen molar-refractivity contribution in [3.63, 3.8) is 0 Å². The lowest BCUT2D eigenvalue weighted by Gasteiger charge is -2.48. The molecule has 3 heterocycles. The molecule has 1 saturated carbocycles. The fourth-order valence-corrected chi connectivity index (χ4v) is 7.96. The smallest absolute Gasteiger partial charge is 0.248 e. The number of alkyl halides is 2. The fourth-order valence-electron chi connectivity index (χ4n) is 7.96. The summed E-state index contributed by atoms with van der Waals surface area (Å²) in [5.41, 5.74) is 1.97. The van der Waals surface area contributed by atoms with E-state index in [9.17, 15) is 13.6 Å². The number of hydrogen-bond acceptors (Lipinski definition) is 3. The molecule has 0 aromatic heterocycles. The molecule has 5 unspecified atom stereocenters. The van der Waals surface area contributed by atoms with Gasteiger partial charge in [-0.1, -0.05) is 42.5 Å². The lowest BCUT2D eigenvalue weighted by Crippen LogP contribution is -3.00. The minimum Gasteiger partial charge on any atom is -1.00 e. The molecule has 3 fully saturated rings. The zero-order valence-electron chi connectivity index (χ0n) is 22.6. The molecule has 8 heteroatoms. The highest BCUT2D eigenvalue weighted by Gasteiger charge is 2.56. The Bertz CT molecular complexity index is 1170. The quantitative estimate of drug-likeness (QED) is 0.617. The molecule has 3 aliphatic heterocycles. The SMILES string of the molecule is COc1cccc2c1OCCC21C[NH2+]CC1C(=O)N1CCC(c2ccccc2)CC1C1CCCC(F)(F)C1.[Cl-]. The molecular weight excluding hydrogens is 522 g/mol. The summed E-state index contributed by atoms with van der Waals surface area (Å²) in [6.45, 7) is 2.69. The maximum Gasteiger partial charge on any atom is 0.248 e. The Morgan fingerprint density at radius 1 is 1.10 bits per heavy atom. The van der Waals surface area contributed by atoms with Crippen LogP contribution < -0.4 is 27.2 Å². The van der Waals surface area contributed by atoms with Gasteiger partial charge in [0.05, 0.1) is 32.2 Å². The van der Waals surface area contributed by atoms with Gasteiger partial charge < -0.3 is 32.1 Å². The Morgan fingerprint density at radius 2 is 1.92 bits per heavy atom. The zero-order chi connectivity index (χ0) is 26.3. The molecule has 1 amide bonds. The number of ether oxygens (including phenoxy) is 2. The van der Waals surface area contributed by atoms with Gasteiger partial charge in [-0.15, -0.1) is 0 Å². The van der Waals surface area contributed by atoms with E-state index in [1.54, 1.807) is 7.11 Å². The van der Waals surface area contributed by atoms with Crippen molar-refractivity contribution in [2.24, 2.45) is 11.8 Å². The lowest BCUT2D eigenvalue weighted by molar-refractivity contribution is -0.640. The first-order chi connectivity index (χ1) is 18.4. The number of piperidine rings is 1. The normalized spacial score (nSPS) is 31.6. The third-order valence-corrected chi connectivity index (χ3v) is 9.83. The molecule has 2 aromatic carbocycles. The van der Waals surface area contributed by atoms with Crippen LogP contribution in [-0.4, -0.2) is 56.1 Å². The lowest BCUT2D eigenvalue weighted by atomic mass is 9.67. The highest BCUT2D eigenvalue weighted by atomic mass is 35.5. The van der Waals surface area contributed by atoms with Crippen molar-refractivity contribution in [3.05, 3.63) is 59.7 Å². The fraction of sp³-hybridized carbons (Fsp3) is 0.581. The number of halogens is 3. The van der Waals surface area contributed by atoms with E-state index in [1.165, 1.54) is 5.56 Å². The Morgan fingerprint density at radius 3 is 2.69 bits per heavy atom. The van der Waals surface area contributed by atoms with Crippen LogP contribution in [0.4, 0.5) is 8.78 Å². The van der Waals surface area contributed by atoms with Crippen LogP contribution in [0.3, 0.4) is 0 Å². The molecule has 2 aromatic rings. The van der Waals surface area contributed by atoms with E-state index in [-0.39, 0.29) is 60.4 Å². The number of hydrogen-bond donors (Lipinski definition) is 1. The Hall–Kier alpha value is -2.38. The summed E-state index contributed by atoms with van der Waals surface area (Å²) in [7, 11) is 1.64. The second kappa shape index (κ2) is 11.2. The molecule has 0 radical (unpaired) electrons. The molecule has 212 valence electrons. The highest BCUT2D eigenvalue weighted by Crippen LogP contribution is 2.50. The minimum absolute atomic E-state index is 0. The molecule has 5 atom stereocenters. The second-order valence-electron chi connectivity index (χ2n) is 11.8. The number of carbonyl (C=O) groups is 1. The van der Waals surface area contributed by atoms with Crippen molar-refractivity contribution in [1.82, 2.24) is 4.90 Å².